The maximum Gasteiger partial charge on any atom is 0.267 e. The summed E-state index contributed by atoms with van der Waals surface area (Å²) in [5.74, 6) is 1.57. The Hall–Kier alpha value is -3.71. The highest BCUT2D eigenvalue weighted by molar-refractivity contribution is 7.13. The molecule has 2 aromatic carbocycles. The summed E-state index contributed by atoms with van der Waals surface area (Å²) in [6.07, 6.45) is 2.94. The van der Waals surface area contributed by atoms with Crippen LogP contribution in [0.4, 0.5) is 5.69 Å². The van der Waals surface area contributed by atoms with Gasteiger partial charge < -0.3 is 14.4 Å². The van der Waals surface area contributed by atoms with E-state index in [1.54, 1.807) is 24.5 Å². The number of nitrogens with zero attached hydrogens (tertiary/aromatic N) is 3. The van der Waals surface area contributed by atoms with E-state index in [9.17, 15) is 4.79 Å². The summed E-state index contributed by atoms with van der Waals surface area (Å²) in [5.41, 5.74) is 4.62. The van der Waals surface area contributed by atoms with Crippen molar-refractivity contribution >= 4 is 22.9 Å². The molecule has 0 fully saturated rings. The van der Waals surface area contributed by atoms with Crippen LogP contribution < -0.4 is 14.4 Å². The Morgan fingerprint density at radius 1 is 1.06 bits per heavy atom. The molecule has 3 heterocycles. The number of unbranched alkanes of at least 4 members (excludes halogenated alkanes) is 1. The molecule has 1 amide bonds. The van der Waals surface area contributed by atoms with Crippen LogP contribution >= 0.6 is 11.3 Å². The minimum atomic E-state index is -0.507. The second kappa shape index (κ2) is 10.3. The Bertz CT molecular complexity index is 1320. The van der Waals surface area contributed by atoms with Crippen molar-refractivity contribution in [1.82, 2.24) is 9.97 Å². The van der Waals surface area contributed by atoms with Crippen molar-refractivity contribution in [3.8, 4) is 33.5 Å². The number of ether oxygens (including phenoxy) is 2. The molecule has 0 bridgehead atoms. The first-order valence-electron chi connectivity index (χ1n) is 11.8. The predicted octanol–water partition coefficient (Wildman–Crippen LogP) is 6.15. The van der Waals surface area contributed by atoms with Crippen LogP contribution in [0.3, 0.4) is 0 Å². The number of thiazole rings is 1. The molecule has 1 atom stereocenters. The number of rotatable bonds is 8. The van der Waals surface area contributed by atoms with Crippen molar-refractivity contribution in [2.24, 2.45) is 0 Å². The van der Waals surface area contributed by atoms with Gasteiger partial charge in [0.05, 0.1) is 23.7 Å². The molecular weight excluding hydrogens is 458 g/mol. The van der Waals surface area contributed by atoms with Gasteiger partial charge in [0.15, 0.2) is 6.10 Å². The lowest BCUT2D eigenvalue weighted by molar-refractivity contribution is -0.125. The summed E-state index contributed by atoms with van der Waals surface area (Å²) in [6.45, 7) is 5.07. The SMILES string of the molecule is Cc1cccc(OCCCCN2C(=O)C(C)Oc3ccc(-c4csc(-c5ccccn5)n4)cc32)c1. The standard InChI is InChI=1S/C28H27N3O3S/c1-19-8-7-9-22(16-19)33-15-6-5-14-31-25-17-21(11-12-26(25)34-20(2)28(31)32)24-18-35-27(30-24)23-10-3-4-13-29-23/h3-4,7-13,16-18,20H,5-6,14-15H2,1-2H3. The maximum atomic E-state index is 13.0. The van der Waals surface area contributed by atoms with E-state index in [4.69, 9.17) is 14.5 Å². The third-order valence-corrected chi connectivity index (χ3v) is 6.75. The molecule has 178 valence electrons. The van der Waals surface area contributed by atoms with Crippen LogP contribution in [0.2, 0.25) is 0 Å². The van der Waals surface area contributed by atoms with Crippen molar-refractivity contribution in [3.63, 3.8) is 0 Å². The van der Waals surface area contributed by atoms with E-state index in [1.807, 2.05) is 64.9 Å². The van der Waals surface area contributed by atoms with Crippen LogP contribution in [0.25, 0.3) is 22.0 Å². The molecule has 6 nitrogen and oxygen atoms in total. The van der Waals surface area contributed by atoms with E-state index >= 15 is 0 Å². The summed E-state index contributed by atoms with van der Waals surface area (Å²) >= 11 is 1.56. The van der Waals surface area contributed by atoms with Gasteiger partial charge in [0.1, 0.15) is 16.5 Å². The van der Waals surface area contributed by atoms with Gasteiger partial charge in [-0.25, -0.2) is 4.98 Å². The predicted molar refractivity (Wildman–Crippen MR) is 139 cm³/mol. The third kappa shape index (κ3) is 5.20. The van der Waals surface area contributed by atoms with Gasteiger partial charge in [-0.2, -0.15) is 0 Å². The normalized spacial score (nSPS) is 15.0. The number of benzene rings is 2. The van der Waals surface area contributed by atoms with E-state index in [0.717, 1.165) is 52.0 Å². The molecule has 0 radical (unpaired) electrons. The zero-order valence-corrected chi connectivity index (χ0v) is 20.6. The fourth-order valence-corrected chi connectivity index (χ4v) is 4.88. The van der Waals surface area contributed by atoms with Crippen molar-refractivity contribution in [2.75, 3.05) is 18.1 Å². The van der Waals surface area contributed by atoms with Gasteiger partial charge in [-0.05, 0) is 74.7 Å². The minimum absolute atomic E-state index is 0.0262. The number of carbonyl (C=O) groups excluding carboxylic acids is 1. The molecule has 0 aliphatic carbocycles. The third-order valence-electron chi connectivity index (χ3n) is 5.89. The molecular formula is C28H27N3O3S. The van der Waals surface area contributed by atoms with E-state index in [-0.39, 0.29) is 5.91 Å². The topological polar surface area (TPSA) is 64.5 Å². The molecule has 1 unspecified atom stereocenters. The van der Waals surface area contributed by atoms with Gasteiger partial charge in [-0.15, -0.1) is 11.3 Å². The average molecular weight is 486 g/mol. The lowest BCUT2D eigenvalue weighted by Crippen LogP contribution is -2.45. The molecule has 0 saturated carbocycles. The Balaban J connectivity index is 1.29. The highest BCUT2D eigenvalue weighted by Gasteiger charge is 2.31. The smallest absolute Gasteiger partial charge is 0.267 e. The van der Waals surface area contributed by atoms with Crippen LogP contribution in [0.5, 0.6) is 11.5 Å². The quantitative estimate of drug-likeness (QED) is 0.280. The number of aryl methyl sites for hydroxylation is 1. The van der Waals surface area contributed by atoms with Crippen LogP contribution in [0.15, 0.2) is 72.2 Å². The summed E-state index contributed by atoms with van der Waals surface area (Å²) in [7, 11) is 0. The second-order valence-electron chi connectivity index (χ2n) is 8.56. The zero-order chi connectivity index (χ0) is 24.2. The number of anilines is 1. The van der Waals surface area contributed by atoms with Gasteiger partial charge in [-0.1, -0.05) is 18.2 Å². The number of pyridine rings is 1. The van der Waals surface area contributed by atoms with Crippen molar-refractivity contribution in [1.29, 1.82) is 0 Å². The van der Waals surface area contributed by atoms with Crippen molar-refractivity contribution in [2.45, 2.75) is 32.8 Å². The molecule has 4 aromatic rings. The Labute approximate surface area is 209 Å². The summed E-state index contributed by atoms with van der Waals surface area (Å²) in [5, 5.41) is 2.89. The van der Waals surface area contributed by atoms with E-state index < -0.39 is 6.10 Å². The summed E-state index contributed by atoms with van der Waals surface area (Å²) in [6, 6.07) is 19.8. The van der Waals surface area contributed by atoms with E-state index in [1.165, 1.54) is 5.56 Å². The van der Waals surface area contributed by atoms with Crippen LogP contribution in [0, 0.1) is 6.92 Å². The highest BCUT2D eigenvalue weighted by atomic mass is 32.1. The monoisotopic (exact) mass is 485 g/mol. The lowest BCUT2D eigenvalue weighted by Gasteiger charge is -2.33. The Morgan fingerprint density at radius 2 is 1.97 bits per heavy atom. The largest absolute Gasteiger partial charge is 0.494 e. The number of fused-ring (bicyclic) bond motifs is 1. The molecule has 5 rings (SSSR count). The maximum absolute atomic E-state index is 13.0. The van der Waals surface area contributed by atoms with Crippen LogP contribution in [-0.2, 0) is 4.79 Å². The summed E-state index contributed by atoms with van der Waals surface area (Å²) < 4.78 is 11.8. The molecule has 0 N–H and O–H groups in total. The van der Waals surface area contributed by atoms with Crippen LogP contribution in [-0.4, -0.2) is 35.1 Å². The van der Waals surface area contributed by atoms with Gasteiger partial charge in [0.2, 0.25) is 0 Å². The van der Waals surface area contributed by atoms with Gasteiger partial charge in [-0.3, -0.25) is 9.78 Å². The molecule has 0 saturated heterocycles. The molecule has 2 aromatic heterocycles. The van der Waals surface area contributed by atoms with Gasteiger partial charge in [0, 0.05) is 23.7 Å². The van der Waals surface area contributed by atoms with Gasteiger partial charge in [0.25, 0.3) is 5.91 Å². The van der Waals surface area contributed by atoms with Gasteiger partial charge >= 0.3 is 0 Å². The number of hydrogen-bond acceptors (Lipinski definition) is 6. The first kappa shape index (κ1) is 23.1. The second-order valence-corrected chi connectivity index (χ2v) is 9.42. The lowest BCUT2D eigenvalue weighted by atomic mass is 10.1. The minimum Gasteiger partial charge on any atom is -0.494 e. The summed E-state index contributed by atoms with van der Waals surface area (Å²) in [4.78, 5) is 24.0. The zero-order valence-electron chi connectivity index (χ0n) is 19.8. The Kier molecular flexibility index (Phi) is 6.77. The van der Waals surface area contributed by atoms with E-state index in [0.29, 0.717) is 13.2 Å². The molecule has 35 heavy (non-hydrogen) atoms. The fourth-order valence-electron chi connectivity index (χ4n) is 4.08. The Morgan fingerprint density at radius 3 is 2.80 bits per heavy atom. The van der Waals surface area contributed by atoms with E-state index in [2.05, 4.69) is 18.0 Å². The van der Waals surface area contributed by atoms with Crippen molar-refractivity contribution in [3.05, 3.63) is 77.8 Å². The highest BCUT2D eigenvalue weighted by Crippen LogP contribution is 2.38. The fraction of sp³-hybridized carbons (Fsp3) is 0.250. The molecule has 1 aliphatic heterocycles. The number of aromatic nitrogens is 2. The number of carbonyl (C=O) groups is 1. The molecule has 0 spiro atoms. The molecule has 1 aliphatic rings. The average Bonchev–Trinajstić information content (AvgIpc) is 3.37. The number of amides is 1. The van der Waals surface area contributed by atoms with Crippen molar-refractivity contribution < 1.29 is 14.3 Å². The van der Waals surface area contributed by atoms with Crippen LogP contribution in [0.1, 0.15) is 25.3 Å². The molecule has 7 heteroatoms. The number of hydrogen-bond donors (Lipinski definition) is 0. The first-order valence-corrected chi connectivity index (χ1v) is 12.7. The first-order chi connectivity index (χ1) is 17.1.